The highest BCUT2D eigenvalue weighted by Crippen LogP contribution is 2.24. The Bertz CT molecular complexity index is 604. The van der Waals surface area contributed by atoms with Gasteiger partial charge in [0.05, 0.1) is 11.4 Å². The monoisotopic (exact) mass is 281 g/mol. The molecule has 0 saturated carbocycles. The molecule has 0 spiro atoms. The summed E-state index contributed by atoms with van der Waals surface area (Å²) in [6.07, 6.45) is 1.57. The third-order valence-corrected chi connectivity index (χ3v) is 2.67. The zero-order valence-corrected chi connectivity index (χ0v) is 10.7. The van der Waals surface area contributed by atoms with Gasteiger partial charge < -0.3 is 11.1 Å². The van der Waals surface area contributed by atoms with E-state index in [1.165, 1.54) is 12.1 Å². The SMILES string of the molecule is NC(=S)c1ncccc1Nc1ccc(Cl)cc1F. The fourth-order valence-corrected chi connectivity index (χ4v) is 1.76. The second kappa shape index (κ2) is 5.29. The van der Waals surface area contributed by atoms with Gasteiger partial charge in [0.1, 0.15) is 16.5 Å². The minimum atomic E-state index is -0.458. The molecule has 1 aromatic carbocycles. The van der Waals surface area contributed by atoms with E-state index in [9.17, 15) is 4.39 Å². The first kappa shape index (κ1) is 12.7. The average Bonchev–Trinajstić information content (AvgIpc) is 2.33. The summed E-state index contributed by atoms with van der Waals surface area (Å²) in [5.74, 6) is -0.458. The lowest BCUT2D eigenvalue weighted by Gasteiger charge is -2.10. The molecule has 0 saturated heterocycles. The Morgan fingerprint density at radius 3 is 2.78 bits per heavy atom. The van der Waals surface area contributed by atoms with E-state index < -0.39 is 5.82 Å². The molecule has 0 unspecified atom stereocenters. The highest BCUT2D eigenvalue weighted by Gasteiger charge is 2.09. The van der Waals surface area contributed by atoms with Crippen molar-refractivity contribution in [2.24, 2.45) is 5.73 Å². The number of rotatable bonds is 3. The highest BCUT2D eigenvalue weighted by molar-refractivity contribution is 7.80. The van der Waals surface area contributed by atoms with Gasteiger partial charge in [-0.2, -0.15) is 0 Å². The van der Waals surface area contributed by atoms with Crippen molar-refractivity contribution >= 4 is 40.2 Å². The second-order valence-electron chi connectivity index (χ2n) is 3.51. The molecule has 6 heteroatoms. The van der Waals surface area contributed by atoms with Crippen LogP contribution in [0.25, 0.3) is 0 Å². The summed E-state index contributed by atoms with van der Waals surface area (Å²) < 4.78 is 13.6. The van der Waals surface area contributed by atoms with E-state index in [4.69, 9.17) is 29.6 Å². The molecule has 0 aliphatic heterocycles. The maximum absolute atomic E-state index is 13.6. The minimum absolute atomic E-state index is 0.146. The maximum atomic E-state index is 13.6. The quantitative estimate of drug-likeness (QED) is 0.848. The number of nitrogens with zero attached hydrogens (tertiary/aromatic N) is 1. The first-order chi connectivity index (χ1) is 8.58. The third-order valence-electron chi connectivity index (χ3n) is 2.24. The van der Waals surface area contributed by atoms with Gasteiger partial charge in [0.25, 0.3) is 0 Å². The number of pyridine rings is 1. The van der Waals surface area contributed by atoms with Crippen molar-refractivity contribution in [3.63, 3.8) is 0 Å². The van der Waals surface area contributed by atoms with Gasteiger partial charge in [0.2, 0.25) is 0 Å². The van der Waals surface area contributed by atoms with Crippen molar-refractivity contribution in [2.45, 2.75) is 0 Å². The molecule has 0 fully saturated rings. The van der Waals surface area contributed by atoms with Crippen molar-refractivity contribution in [1.82, 2.24) is 4.98 Å². The Kier molecular flexibility index (Phi) is 3.74. The van der Waals surface area contributed by atoms with Crippen LogP contribution in [-0.2, 0) is 0 Å². The summed E-state index contributed by atoms with van der Waals surface area (Å²) in [5.41, 5.74) is 6.79. The number of hydrogen-bond donors (Lipinski definition) is 2. The van der Waals surface area contributed by atoms with E-state index in [1.807, 2.05) is 0 Å². The van der Waals surface area contributed by atoms with Crippen LogP contribution in [0.3, 0.4) is 0 Å². The van der Waals surface area contributed by atoms with Crippen LogP contribution in [0.4, 0.5) is 15.8 Å². The van der Waals surface area contributed by atoms with Crippen molar-refractivity contribution < 1.29 is 4.39 Å². The number of hydrogen-bond acceptors (Lipinski definition) is 3. The Hall–Kier alpha value is -1.72. The van der Waals surface area contributed by atoms with Gasteiger partial charge in [0, 0.05) is 11.2 Å². The molecule has 2 aromatic rings. The lowest BCUT2D eigenvalue weighted by molar-refractivity contribution is 0.632. The average molecular weight is 282 g/mol. The van der Waals surface area contributed by atoms with Gasteiger partial charge in [0.15, 0.2) is 0 Å². The summed E-state index contributed by atoms with van der Waals surface area (Å²) in [6, 6.07) is 7.77. The van der Waals surface area contributed by atoms with Crippen molar-refractivity contribution in [2.75, 3.05) is 5.32 Å². The number of nitrogens with two attached hydrogens (primary N) is 1. The number of benzene rings is 1. The van der Waals surface area contributed by atoms with Crippen LogP contribution in [0, 0.1) is 5.82 Å². The number of anilines is 2. The van der Waals surface area contributed by atoms with Crippen LogP contribution >= 0.6 is 23.8 Å². The molecule has 18 heavy (non-hydrogen) atoms. The summed E-state index contributed by atoms with van der Waals surface area (Å²) in [7, 11) is 0. The fourth-order valence-electron chi connectivity index (χ4n) is 1.44. The van der Waals surface area contributed by atoms with E-state index >= 15 is 0 Å². The van der Waals surface area contributed by atoms with Crippen LogP contribution in [0.15, 0.2) is 36.5 Å². The standard InChI is InChI=1S/C12H9ClFN3S/c13-7-3-4-9(8(14)6-7)17-10-2-1-5-16-11(10)12(15)18/h1-6,17H,(H2,15,18). The molecule has 1 heterocycles. The van der Waals surface area contributed by atoms with Gasteiger partial charge in [-0.15, -0.1) is 0 Å². The summed E-state index contributed by atoms with van der Waals surface area (Å²) in [5, 5.41) is 3.22. The molecule has 0 bridgehead atoms. The normalized spacial score (nSPS) is 10.1. The first-order valence-corrected chi connectivity index (χ1v) is 5.83. The van der Waals surface area contributed by atoms with E-state index in [0.717, 1.165) is 0 Å². The van der Waals surface area contributed by atoms with Crippen molar-refractivity contribution in [3.8, 4) is 0 Å². The van der Waals surface area contributed by atoms with Crippen LogP contribution in [0.1, 0.15) is 5.69 Å². The molecule has 2 rings (SSSR count). The maximum Gasteiger partial charge on any atom is 0.148 e. The molecule has 3 nitrogen and oxygen atoms in total. The van der Waals surface area contributed by atoms with Gasteiger partial charge in [-0.25, -0.2) is 4.39 Å². The van der Waals surface area contributed by atoms with E-state index in [0.29, 0.717) is 16.4 Å². The molecular weight excluding hydrogens is 273 g/mol. The van der Waals surface area contributed by atoms with Gasteiger partial charge in [-0.1, -0.05) is 23.8 Å². The number of thiocarbonyl (C=S) groups is 1. The number of aromatic nitrogens is 1. The lowest BCUT2D eigenvalue weighted by atomic mass is 10.2. The first-order valence-electron chi connectivity index (χ1n) is 5.05. The van der Waals surface area contributed by atoms with Crippen LogP contribution in [-0.4, -0.2) is 9.97 Å². The van der Waals surface area contributed by atoms with E-state index in [-0.39, 0.29) is 10.7 Å². The predicted molar refractivity (Wildman–Crippen MR) is 74.8 cm³/mol. The van der Waals surface area contributed by atoms with Gasteiger partial charge >= 0.3 is 0 Å². The molecule has 0 radical (unpaired) electrons. The van der Waals surface area contributed by atoms with Crippen LogP contribution in [0.2, 0.25) is 5.02 Å². The number of halogens is 2. The zero-order valence-electron chi connectivity index (χ0n) is 9.15. The minimum Gasteiger partial charge on any atom is -0.388 e. The third kappa shape index (κ3) is 2.75. The summed E-state index contributed by atoms with van der Waals surface area (Å²) in [4.78, 5) is 4.19. The molecular formula is C12H9ClFN3S. The topological polar surface area (TPSA) is 50.9 Å². The predicted octanol–water partition coefficient (Wildman–Crippen LogP) is 3.25. The molecule has 92 valence electrons. The molecule has 0 aliphatic carbocycles. The van der Waals surface area contributed by atoms with Crippen LogP contribution < -0.4 is 11.1 Å². The smallest absolute Gasteiger partial charge is 0.148 e. The van der Waals surface area contributed by atoms with Crippen molar-refractivity contribution in [1.29, 1.82) is 0 Å². The van der Waals surface area contributed by atoms with Gasteiger partial charge in [-0.3, -0.25) is 4.98 Å². The Labute approximate surface area is 114 Å². The largest absolute Gasteiger partial charge is 0.388 e. The molecule has 0 aliphatic rings. The summed E-state index contributed by atoms with van der Waals surface area (Å²) >= 11 is 10.6. The Balaban J connectivity index is 2.37. The highest BCUT2D eigenvalue weighted by atomic mass is 35.5. The molecule has 0 atom stereocenters. The Morgan fingerprint density at radius 1 is 1.33 bits per heavy atom. The van der Waals surface area contributed by atoms with Gasteiger partial charge in [-0.05, 0) is 30.3 Å². The molecule has 3 N–H and O–H groups in total. The van der Waals surface area contributed by atoms with Crippen molar-refractivity contribution in [3.05, 3.63) is 53.1 Å². The van der Waals surface area contributed by atoms with E-state index in [2.05, 4.69) is 10.3 Å². The lowest BCUT2D eigenvalue weighted by Crippen LogP contribution is -2.14. The summed E-state index contributed by atoms with van der Waals surface area (Å²) in [6.45, 7) is 0. The molecule has 1 aromatic heterocycles. The fraction of sp³-hybridized carbons (Fsp3) is 0. The second-order valence-corrected chi connectivity index (χ2v) is 4.39. The Morgan fingerprint density at radius 2 is 2.11 bits per heavy atom. The number of nitrogens with one attached hydrogen (secondary N) is 1. The van der Waals surface area contributed by atoms with E-state index in [1.54, 1.807) is 24.4 Å². The molecule has 0 amide bonds. The zero-order chi connectivity index (χ0) is 13.1. The van der Waals surface area contributed by atoms with Crippen LogP contribution in [0.5, 0.6) is 0 Å².